The number of aliphatic hydroxyl groups is 3. The van der Waals surface area contributed by atoms with Crippen LogP contribution in [0.3, 0.4) is 0 Å². The Kier molecular flexibility index (Phi) is 12.4. The predicted molar refractivity (Wildman–Crippen MR) is 109 cm³/mol. The second kappa shape index (κ2) is 14.3. The molecular weight excluding hydrogens is 360 g/mol. The van der Waals surface area contributed by atoms with Crippen molar-refractivity contribution in [2.45, 2.75) is 82.4 Å². The maximum absolute atomic E-state index is 10.5. The van der Waals surface area contributed by atoms with E-state index in [4.69, 9.17) is 9.84 Å². The van der Waals surface area contributed by atoms with Gasteiger partial charge in [0.05, 0.1) is 30.5 Å². The van der Waals surface area contributed by atoms with E-state index >= 15 is 0 Å². The van der Waals surface area contributed by atoms with E-state index in [0.29, 0.717) is 12.8 Å². The van der Waals surface area contributed by atoms with Gasteiger partial charge in [-0.15, -0.1) is 0 Å². The van der Waals surface area contributed by atoms with Crippen molar-refractivity contribution in [3.05, 3.63) is 48.6 Å². The van der Waals surface area contributed by atoms with Crippen molar-refractivity contribution in [1.82, 2.24) is 0 Å². The number of allylic oxidation sites excluding steroid dienone is 5. The van der Waals surface area contributed by atoms with Crippen LogP contribution < -0.4 is 0 Å². The fourth-order valence-electron chi connectivity index (χ4n) is 2.87. The number of rotatable bonds is 13. The van der Waals surface area contributed by atoms with E-state index in [0.717, 1.165) is 19.3 Å². The molecule has 0 radical (unpaired) electrons. The van der Waals surface area contributed by atoms with E-state index < -0.39 is 30.4 Å². The lowest BCUT2D eigenvalue weighted by atomic mass is 10.0. The van der Waals surface area contributed by atoms with Crippen LogP contribution in [0.4, 0.5) is 0 Å². The zero-order valence-corrected chi connectivity index (χ0v) is 16.6. The van der Waals surface area contributed by atoms with Gasteiger partial charge in [0.15, 0.2) is 0 Å². The second-order valence-electron chi connectivity index (χ2n) is 6.92. The summed E-state index contributed by atoms with van der Waals surface area (Å²) in [7, 11) is 0. The molecule has 1 heterocycles. The van der Waals surface area contributed by atoms with Gasteiger partial charge < -0.3 is 25.2 Å². The largest absolute Gasteiger partial charge is 0.481 e. The average Bonchev–Trinajstić information content (AvgIpc) is 3.03. The van der Waals surface area contributed by atoms with Crippen LogP contribution in [0, 0.1) is 0 Å². The Hall–Kier alpha value is -1.73. The molecule has 1 aliphatic heterocycles. The van der Waals surface area contributed by atoms with Crippen molar-refractivity contribution in [1.29, 1.82) is 0 Å². The highest BCUT2D eigenvalue weighted by atomic mass is 16.5. The van der Waals surface area contributed by atoms with E-state index in [9.17, 15) is 20.1 Å². The summed E-state index contributed by atoms with van der Waals surface area (Å²) in [5, 5.41) is 38.5. The highest BCUT2D eigenvalue weighted by molar-refractivity contribution is 5.66. The van der Waals surface area contributed by atoms with Crippen molar-refractivity contribution in [2.75, 3.05) is 0 Å². The van der Waals surface area contributed by atoms with E-state index in [1.807, 2.05) is 12.2 Å². The summed E-state index contributed by atoms with van der Waals surface area (Å²) in [5.74, 6) is -0.977. The summed E-state index contributed by atoms with van der Waals surface area (Å²) in [6, 6.07) is 0. The first-order valence-electron chi connectivity index (χ1n) is 9.98. The Morgan fingerprint density at radius 2 is 1.71 bits per heavy atom. The zero-order valence-electron chi connectivity index (χ0n) is 16.6. The van der Waals surface area contributed by atoms with Gasteiger partial charge in [-0.1, -0.05) is 55.5 Å². The third kappa shape index (κ3) is 10.6. The van der Waals surface area contributed by atoms with Crippen LogP contribution in [0.15, 0.2) is 48.6 Å². The van der Waals surface area contributed by atoms with Gasteiger partial charge >= 0.3 is 5.97 Å². The van der Waals surface area contributed by atoms with Gasteiger partial charge in [0.25, 0.3) is 0 Å². The van der Waals surface area contributed by atoms with Crippen LogP contribution in [-0.4, -0.2) is 56.9 Å². The third-order valence-electron chi connectivity index (χ3n) is 4.47. The van der Waals surface area contributed by atoms with Crippen molar-refractivity contribution in [3.63, 3.8) is 0 Å². The van der Waals surface area contributed by atoms with Crippen molar-refractivity contribution >= 4 is 5.97 Å². The van der Waals surface area contributed by atoms with Gasteiger partial charge in [0.1, 0.15) is 0 Å². The Bertz CT molecular complexity index is 551. The fraction of sp³-hybridized carbons (Fsp3) is 0.591. The van der Waals surface area contributed by atoms with E-state index in [1.165, 1.54) is 12.2 Å². The number of carboxylic acids is 1. The molecule has 0 aromatic heterocycles. The summed E-state index contributed by atoms with van der Waals surface area (Å²) in [5.41, 5.74) is 0. The lowest BCUT2D eigenvalue weighted by molar-refractivity contribution is -0.137. The first-order chi connectivity index (χ1) is 13.4. The molecule has 0 aromatic carbocycles. The van der Waals surface area contributed by atoms with Crippen molar-refractivity contribution < 1.29 is 30.0 Å². The van der Waals surface area contributed by atoms with Crippen molar-refractivity contribution in [2.24, 2.45) is 0 Å². The summed E-state index contributed by atoms with van der Waals surface area (Å²) in [6.45, 7) is 2.11. The van der Waals surface area contributed by atoms with Crippen LogP contribution in [0.5, 0.6) is 0 Å². The molecule has 6 nitrogen and oxygen atoms in total. The SMILES string of the molecule is CC/C=C\C/C=C\C/C=C\C[C@@H]1O[C@@H]([C@H](O)/C=C/[C@H](O)CCC(=O)O)C[C@H]1O. The number of hydrogen-bond donors (Lipinski definition) is 4. The molecule has 0 saturated carbocycles. The number of ether oxygens (including phenoxy) is 1. The Labute approximate surface area is 167 Å². The Morgan fingerprint density at radius 1 is 1.07 bits per heavy atom. The first-order valence-corrected chi connectivity index (χ1v) is 9.98. The van der Waals surface area contributed by atoms with Crippen LogP contribution >= 0.6 is 0 Å². The molecule has 28 heavy (non-hydrogen) atoms. The monoisotopic (exact) mass is 394 g/mol. The predicted octanol–water partition coefficient (Wildman–Crippen LogP) is 2.90. The highest BCUT2D eigenvalue weighted by Gasteiger charge is 2.36. The molecule has 1 rings (SSSR count). The molecule has 0 aromatic rings. The van der Waals surface area contributed by atoms with Crippen LogP contribution in [0.2, 0.25) is 0 Å². The summed E-state index contributed by atoms with van der Waals surface area (Å²) >= 11 is 0. The van der Waals surface area contributed by atoms with Gasteiger partial charge in [-0.05, 0) is 32.1 Å². The molecule has 158 valence electrons. The second-order valence-corrected chi connectivity index (χ2v) is 6.92. The van der Waals surface area contributed by atoms with Crippen LogP contribution in [0.25, 0.3) is 0 Å². The molecule has 0 unspecified atom stereocenters. The topological polar surface area (TPSA) is 107 Å². The molecule has 1 aliphatic rings. The van der Waals surface area contributed by atoms with Crippen LogP contribution in [0.1, 0.15) is 51.9 Å². The standard InChI is InChI=1S/C22H34O6/c1-2-3-4-5-6-7-8-9-10-11-20-19(25)16-21(28-20)18(24)14-12-17(23)13-15-22(26)27/h3-4,6-7,9-10,12,14,17-21,23-25H,2,5,8,11,13,15-16H2,1H3,(H,26,27)/b4-3-,7-6-,10-9-,14-12+/t17-,18+,19+,20-,21+/m0/s1. The molecule has 1 fully saturated rings. The van der Waals surface area contributed by atoms with Gasteiger partial charge in [-0.25, -0.2) is 0 Å². The number of aliphatic hydroxyl groups excluding tert-OH is 3. The molecule has 0 spiro atoms. The quantitative estimate of drug-likeness (QED) is 0.358. The first kappa shape index (κ1) is 24.3. The maximum Gasteiger partial charge on any atom is 0.303 e. The van der Waals surface area contributed by atoms with Gasteiger partial charge in [-0.2, -0.15) is 0 Å². The third-order valence-corrected chi connectivity index (χ3v) is 4.47. The lowest BCUT2D eigenvalue weighted by Gasteiger charge is -2.16. The molecule has 0 bridgehead atoms. The smallest absolute Gasteiger partial charge is 0.303 e. The van der Waals surface area contributed by atoms with Gasteiger partial charge in [-0.3, -0.25) is 4.79 Å². The van der Waals surface area contributed by atoms with E-state index in [1.54, 1.807) is 0 Å². The van der Waals surface area contributed by atoms with Gasteiger partial charge in [0.2, 0.25) is 0 Å². The number of aliphatic carboxylic acids is 1. The minimum absolute atomic E-state index is 0.0868. The molecule has 4 N–H and O–H groups in total. The van der Waals surface area contributed by atoms with Crippen LogP contribution in [-0.2, 0) is 9.53 Å². The number of carboxylic acid groups (broad SMARTS) is 1. The molecular formula is C22H34O6. The lowest BCUT2D eigenvalue weighted by Crippen LogP contribution is -2.24. The number of carbonyl (C=O) groups is 1. The normalized spacial score (nSPS) is 25.5. The summed E-state index contributed by atoms with van der Waals surface area (Å²) in [6.07, 6.45) is 15.5. The molecule has 6 heteroatoms. The zero-order chi connectivity index (χ0) is 20.8. The average molecular weight is 395 g/mol. The Balaban J connectivity index is 2.32. The Morgan fingerprint density at radius 3 is 2.36 bits per heavy atom. The molecule has 1 saturated heterocycles. The van der Waals surface area contributed by atoms with E-state index in [-0.39, 0.29) is 18.9 Å². The van der Waals surface area contributed by atoms with E-state index in [2.05, 4.69) is 31.2 Å². The summed E-state index contributed by atoms with van der Waals surface area (Å²) < 4.78 is 5.73. The minimum atomic E-state index is -0.977. The molecule has 0 aliphatic carbocycles. The van der Waals surface area contributed by atoms with Gasteiger partial charge in [0, 0.05) is 12.8 Å². The molecule has 0 amide bonds. The fourth-order valence-corrected chi connectivity index (χ4v) is 2.87. The highest BCUT2D eigenvalue weighted by Crippen LogP contribution is 2.26. The molecule has 5 atom stereocenters. The maximum atomic E-state index is 10.5. The van der Waals surface area contributed by atoms with Crippen molar-refractivity contribution in [3.8, 4) is 0 Å². The number of hydrogen-bond acceptors (Lipinski definition) is 5. The summed E-state index contributed by atoms with van der Waals surface area (Å²) in [4.78, 5) is 10.5. The minimum Gasteiger partial charge on any atom is -0.481 e.